The van der Waals surface area contributed by atoms with Crippen LogP contribution in [0.5, 0.6) is 0 Å². The van der Waals surface area contributed by atoms with Crippen LogP contribution in [0.1, 0.15) is 34.1 Å². The molecule has 9 heteroatoms. The Bertz CT molecular complexity index is 957. The number of ether oxygens (including phenoxy) is 1. The molecule has 2 aromatic rings. The fraction of sp³-hybridized carbons (Fsp3) is 0.524. The van der Waals surface area contributed by atoms with Crippen molar-refractivity contribution in [1.29, 1.82) is 0 Å². The molecule has 0 fully saturated rings. The summed E-state index contributed by atoms with van der Waals surface area (Å²) >= 11 is 0. The fourth-order valence-corrected chi connectivity index (χ4v) is 3.77. The lowest BCUT2D eigenvalue weighted by atomic mass is 10.1. The largest absolute Gasteiger partial charge is 0.444 e. The molecule has 166 valence electrons. The Morgan fingerprint density at radius 1 is 1.23 bits per heavy atom. The fourth-order valence-electron chi connectivity index (χ4n) is 2.72. The van der Waals surface area contributed by atoms with Gasteiger partial charge >= 0.3 is 6.09 Å². The second-order valence-corrected chi connectivity index (χ2v) is 10.1. The Labute approximate surface area is 178 Å². The zero-order chi connectivity index (χ0) is 22.4. The number of hydrogen-bond acceptors (Lipinski definition) is 6. The first-order valence-corrected chi connectivity index (χ1v) is 11.4. The van der Waals surface area contributed by atoms with Crippen molar-refractivity contribution in [1.82, 2.24) is 14.6 Å². The van der Waals surface area contributed by atoms with Crippen molar-refractivity contribution in [3.8, 4) is 0 Å². The van der Waals surface area contributed by atoms with E-state index in [-0.39, 0.29) is 30.5 Å². The van der Waals surface area contributed by atoms with Crippen molar-refractivity contribution < 1.29 is 23.1 Å². The highest BCUT2D eigenvalue weighted by molar-refractivity contribution is 7.89. The number of hydrogen-bond donors (Lipinski definition) is 2. The molecule has 0 aliphatic carbocycles. The van der Waals surface area contributed by atoms with Crippen LogP contribution in [0.3, 0.4) is 0 Å². The summed E-state index contributed by atoms with van der Waals surface area (Å²) in [6, 6.07) is 6.58. The molecule has 0 aliphatic heterocycles. The molecule has 1 atom stereocenters. The van der Waals surface area contributed by atoms with Crippen LogP contribution >= 0.6 is 0 Å². The van der Waals surface area contributed by atoms with Crippen LogP contribution < -0.4 is 4.72 Å². The van der Waals surface area contributed by atoms with E-state index in [1.807, 2.05) is 6.92 Å². The van der Waals surface area contributed by atoms with E-state index in [1.54, 1.807) is 51.4 Å². The molecule has 8 nitrogen and oxygen atoms in total. The number of nitrogens with one attached hydrogen (secondary N) is 1. The van der Waals surface area contributed by atoms with Crippen LogP contribution in [0.25, 0.3) is 10.8 Å². The van der Waals surface area contributed by atoms with Crippen LogP contribution in [-0.2, 0) is 14.8 Å². The Hall–Kier alpha value is -2.23. The maximum atomic E-state index is 12.7. The number of carbonyl (C=O) groups excluding carboxylic acids is 1. The van der Waals surface area contributed by atoms with Gasteiger partial charge in [-0.3, -0.25) is 4.98 Å². The van der Waals surface area contributed by atoms with Gasteiger partial charge in [0, 0.05) is 44.0 Å². The van der Waals surface area contributed by atoms with Crippen LogP contribution in [0.15, 0.2) is 41.6 Å². The zero-order valence-corrected chi connectivity index (χ0v) is 18.8. The molecule has 1 heterocycles. The summed E-state index contributed by atoms with van der Waals surface area (Å²) in [5.41, 5.74) is -0.655. The number of rotatable bonds is 9. The molecule has 0 unspecified atom stereocenters. The number of sulfonamides is 1. The van der Waals surface area contributed by atoms with E-state index in [9.17, 15) is 18.3 Å². The van der Waals surface area contributed by atoms with Gasteiger partial charge in [0.15, 0.2) is 0 Å². The zero-order valence-electron chi connectivity index (χ0n) is 18.0. The Balaban J connectivity index is 2.04. The molecule has 0 bridgehead atoms. The average Bonchev–Trinajstić information content (AvgIpc) is 2.68. The first-order chi connectivity index (χ1) is 14.0. The summed E-state index contributed by atoms with van der Waals surface area (Å²) in [6.45, 7) is 7.79. The number of nitrogens with zero attached hydrogens (tertiary/aromatic N) is 2. The molecule has 2 rings (SSSR count). The number of carbonyl (C=O) groups is 1. The van der Waals surface area contributed by atoms with E-state index < -0.39 is 21.7 Å². The van der Waals surface area contributed by atoms with Crippen LogP contribution in [0, 0.1) is 5.92 Å². The first-order valence-electron chi connectivity index (χ1n) is 9.94. The van der Waals surface area contributed by atoms with Gasteiger partial charge in [0.1, 0.15) is 5.60 Å². The second kappa shape index (κ2) is 10.2. The number of fused-ring (bicyclic) bond motifs is 1. The average molecular weight is 438 g/mol. The summed E-state index contributed by atoms with van der Waals surface area (Å²) in [6.07, 6.45) is 3.36. The Kier molecular flexibility index (Phi) is 8.17. The van der Waals surface area contributed by atoms with E-state index >= 15 is 0 Å². The summed E-state index contributed by atoms with van der Waals surface area (Å²) < 4.78 is 33.3. The van der Waals surface area contributed by atoms with Crippen molar-refractivity contribution in [2.75, 3.05) is 26.2 Å². The summed E-state index contributed by atoms with van der Waals surface area (Å²) in [5.74, 6) is 0.0266. The number of aliphatic hydroxyl groups is 1. The highest BCUT2D eigenvalue weighted by Gasteiger charge is 2.23. The van der Waals surface area contributed by atoms with Crippen LogP contribution in [0.4, 0.5) is 4.79 Å². The molecule has 0 radical (unpaired) electrons. The second-order valence-electron chi connectivity index (χ2n) is 8.33. The monoisotopic (exact) mass is 437 g/mol. The highest BCUT2D eigenvalue weighted by atomic mass is 32.2. The van der Waals surface area contributed by atoms with Gasteiger partial charge in [0.05, 0.1) is 4.90 Å². The van der Waals surface area contributed by atoms with Gasteiger partial charge in [-0.05, 0) is 56.7 Å². The lowest BCUT2D eigenvalue weighted by Crippen LogP contribution is -2.42. The van der Waals surface area contributed by atoms with Crippen molar-refractivity contribution in [2.24, 2.45) is 5.92 Å². The highest BCUT2D eigenvalue weighted by Crippen LogP contribution is 2.18. The number of amides is 1. The van der Waals surface area contributed by atoms with E-state index in [1.165, 1.54) is 11.0 Å². The molecule has 0 aliphatic rings. The molecule has 1 amide bonds. The van der Waals surface area contributed by atoms with E-state index in [0.29, 0.717) is 13.0 Å². The molecule has 1 aromatic heterocycles. The SMILES string of the molecule is C[C@@H](CO)CCN(CCNS(=O)(=O)c1ccc2cnccc2c1)C(=O)OC(C)(C)C. The minimum Gasteiger partial charge on any atom is -0.444 e. The molecule has 0 spiro atoms. The number of aromatic nitrogens is 1. The molecule has 0 saturated carbocycles. The first kappa shape index (κ1) is 24.0. The van der Waals surface area contributed by atoms with Gasteiger partial charge in [-0.2, -0.15) is 0 Å². The van der Waals surface area contributed by atoms with Gasteiger partial charge in [0.2, 0.25) is 10.0 Å². The van der Waals surface area contributed by atoms with Gasteiger partial charge in [-0.15, -0.1) is 0 Å². The number of benzene rings is 1. The van der Waals surface area contributed by atoms with Gasteiger partial charge in [-0.1, -0.05) is 13.0 Å². The predicted molar refractivity (Wildman–Crippen MR) is 116 cm³/mol. The summed E-state index contributed by atoms with van der Waals surface area (Å²) in [7, 11) is -3.73. The van der Waals surface area contributed by atoms with Crippen LogP contribution in [-0.4, -0.2) is 61.3 Å². The smallest absolute Gasteiger partial charge is 0.410 e. The van der Waals surface area contributed by atoms with Crippen molar-refractivity contribution >= 4 is 26.9 Å². The lowest BCUT2D eigenvalue weighted by molar-refractivity contribution is 0.0240. The Morgan fingerprint density at radius 2 is 1.97 bits per heavy atom. The third-order valence-electron chi connectivity index (χ3n) is 4.45. The third-order valence-corrected chi connectivity index (χ3v) is 5.91. The predicted octanol–water partition coefficient (Wildman–Crippen LogP) is 2.77. The molecule has 2 N–H and O–H groups in total. The minimum absolute atomic E-state index is 0.0201. The van der Waals surface area contributed by atoms with Gasteiger partial charge < -0.3 is 14.7 Å². The molecule has 30 heavy (non-hydrogen) atoms. The van der Waals surface area contributed by atoms with E-state index in [4.69, 9.17) is 4.74 Å². The number of aliphatic hydroxyl groups excluding tert-OH is 1. The van der Waals surface area contributed by atoms with E-state index in [0.717, 1.165) is 10.8 Å². The normalized spacial score (nSPS) is 13.2. The summed E-state index contributed by atoms with van der Waals surface area (Å²) in [4.78, 5) is 18.1. The quantitative estimate of drug-likeness (QED) is 0.624. The molecule has 1 aromatic carbocycles. The molecular weight excluding hydrogens is 406 g/mol. The summed E-state index contributed by atoms with van der Waals surface area (Å²) in [5, 5.41) is 10.9. The lowest BCUT2D eigenvalue weighted by Gasteiger charge is -2.28. The maximum Gasteiger partial charge on any atom is 0.410 e. The molecular formula is C21H31N3O5S. The topological polar surface area (TPSA) is 109 Å². The number of pyridine rings is 1. The minimum atomic E-state index is -3.73. The van der Waals surface area contributed by atoms with Gasteiger partial charge in [0.25, 0.3) is 0 Å². The van der Waals surface area contributed by atoms with Crippen LogP contribution in [0.2, 0.25) is 0 Å². The molecule has 0 saturated heterocycles. The van der Waals surface area contributed by atoms with Gasteiger partial charge in [-0.25, -0.2) is 17.9 Å². The van der Waals surface area contributed by atoms with Crippen molar-refractivity contribution in [3.63, 3.8) is 0 Å². The standard InChI is InChI=1S/C21H31N3O5S/c1-16(15-25)8-11-24(20(26)29-21(2,3)4)12-10-23-30(27,28)19-6-5-18-14-22-9-7-17(18)13-19/h5-7,9,13-14,16,23,25H,8,10-12,15H2,1-4H3/t16-/m1/s1. The van der Waals surface area contributed by atoms with E-state index in [2.05, 4.69) is 9.71 Å². The maximum absolute atomic E-state index is 12.7. The van der Waals surface area contributed by atoms with Crippen molar-refractivity contribution in [3.05, 3.63) is 36.7 Å². The Morgan fingerprint density at radius 3 is 2.63 bits per heavy atom. The van der Waals surface area contributed by atoms with Crippen molar-refractivity contribution in [2.45, 2.75) is 44.6 Å². The third kappa shape index (κ3) is 7.23.